The van der Waals surface area contributed by atoms with Crippen LogP contribution in [0, 0.1) is 6.92 Å². The second kappa shape index (κ2) is 7.75. The number of hydrogen-bond acceptors (Lipinski definition) is 2. The first-order chi connectivity index (χ1) is 9.35. The molecule has 1 aromatic carbocycles. The number of halogens is 2. The van der Waals surface area contributed by atoms with Gasteiger partial charge in [0.2, 0.25) is 5.91 Å². The molecule has 3 nitrogen and oxygen atoms in total. The number of benzene rings is 1. The number of carbonyl (C=O) groups is 1. The van der Waals surface area contributed by atoms with Gasteiger partial charge in [-0.1, -0.05) is 36.5 Å². The number of nitrogens with one attached hydrogen (secondary N) is 2. The highest BCUT2D eigenvalue weighted by Crippen LogP contribution is 2.29. The summed E-state index contributed by atoms with van der Waals surface area (Å²) < 4.78 is 0. The van der Waals surface area contributed by atoms with Crippen LogP contribution >= 0.6 is 23.2 Å². The Morgan fingerprint density at radius 3 is 2.50 bits per heavy atom. The molecule has 2 N–H and O–H groups in total. The highest BCUT2D eigenvalue weighted by Gasteiger charge is 2.16. The van der Waals surface area contributed by atoms with Crippen molar-refractivity contribution in [1.82, 2.24) is 5.32 Å². The summed E-state index contributed by atoms with van der Waals surface area (Å²) in [6, 6.07) is 3.34. The van der Waals surface area contributed by atoms with E-state index in [-0.39, 0.29) is 18.0 Å². The van der Waals surface area contributed by atoms with Crippen LogP contribution in [-0.2, 0) is 4.79 Å². The van der Waals surface area contributed by atoms with Gasteiger partial charge in [-0.05, 0) is 44.9 Å². The van der Waals surface area contributed by atoms with Crippen molar-refractivity contribution in [3.63, 3.8) is 0 Å². The molecule has 112 valence electrons. The first-order valence-electron chi connectivity index (χ1n) is 6.87. The quantitative estimate of drug-likeness (QED) is 0.816. The summed E-state index contributed by atoms with van der Waals surface area (Å²) >= 11 is 12.2. The van der Waals surface area contributed by atoms with Gasteiger partial charge in [-0.25, -0.2) is 0 Å². The molecule has 0 radical (unpaired) electrons. The van der Waals surface area contributed by atoms with Gasteiger partial charge in [0.25, 0.3) is 0 Å². The average molecular weight is 317 g/mol. The summed E-state index contributed by atoms with van der Waals surface area (Å²) in [5.41, 5.74) is 1.59. The molecule has 0 heterocycles. The van der Waals surface area contributed by atoms with E-state index in [0.717, 1.165) is 18.4 Å². The predicted octanol–water partition coefficient (Wildman–Crippen LogP) is 4.41. The molecule has 0 aromatic heterocycles. The lowest BCUT2D eigenvalue weighted by atomic mass is 10.1. The zero-order chi connectivity index (χ0) is 15.3. The van der Waals surface area contributed by atoms with Crippen LogP contribution in [0.5, 0.6) is 0 Å². The molecule has 2 atom stereocenters. The van der Waals surface area contributed by atoms with Crippen LogP contribution in [0.1, 0.15) is 39.2 Å². The third-order valence-corrected chi connectivity index (χ3v) is 3.84. The van der Waals surface area contributed by atoms with Crippen LogP contribution in [0.2, 0.25) is 10.0 Å². The van der Waals surface area contributed by atoms with Gasteiger partial charge in [0.05, 0.1) is 10.7 Å². The summed E-state index contributed by atoms with van der Waals surface area (Å²) in [4.78, 5) is 12.0. The molecule has 0 aliphatic rings. The normalized spacial score (nSPS) is 13.7. The number of amides is 1. The van der Waals surface area contributed by atoms with E-state index < -0.39 is 0 Å². The van der Waals surface area contributed by atoms with E-state index in [1.165, 1.54) is 0 Å². The van der Waals surface area contributed by atoms with Gasteiger partial charge in [-0.15, -0.1) is 0 Å². The monoisotopic (exact) mass is 316 g/mol. The molecule has 0 bridgehead atoms. The van der Waals surface area contributed by atoms with Gasteiger partial charge < -0.3 is 10.6 Å². The Balaban J connectivity index is 2.68. The largest absolute Gasteiger partial charge is 0.373 e. The second-order valence-electron chi connectivity index (χ2n) is 5.15. The number of carbonyl (C=O) groups excluding carboxylic acids is 1. The highest BCUT2D eigenvalue weighted by atomic mass is 35.5. The first-order valence-corrected chi connectivity index (χ1v) is 7.63. The van der Waals surface area contributed by atoms with Crippen molar-refractivity contribution >= 4 is 34.8 Å². The van der Waals surface area contributed by atoms with Crippen molar-refractivity contribution in [2.24, 2.45) is 0 Å². The lowest BCUT2D eigenvalue weighted by Crippen LogP contribution is -2.42. The van der Waals surface area contributed by atoms with Crippen molar-refractivity contribution in [1.29, 1.82) is 0 Å². The molecule has 0 aliphatic carbocycles. The van der Waals surface area contributed by atoms with E-state index in [2.05, 4.69) is 17.6 Å². The van der Waals surface area contributed by atoms with Gasteiger partial charge in [0.15, 0.2) is 0 Å². The molecule has 5 heteroatoms. The fraction of sp³-hybridized carbons (Fsp3) is 0.533. The second-order valence-corrected chi connectivity index (χ2v) is 5.96. The molecule has 1 rings (SSSR count). The number of hydrogen-bond donors (Lipinski definition) is 2. The van der Waals surface area contributed by atoms with E-state index in [1.807, 2.05) is 13.8 Å². The van der Waals surface area contributed by atoms with E-state index in [4.69, 9.17) is 23.2 Å². The van der Waals surface area contributed by atoms with Crippen LogP contribution in [0.4, 0.5) is 5.69 Å². The van der Waals surface area contributed by atoms with Gasteiger partial charge in [-0.3, -0.25) is 4.79 Å². The number of rotatable bonds is 6. The van der Waals surface area contributed by atoms with Gasteiger partial charge in [0.1, 0.15) is 6.04 Å². The van der Waals surface area contributed by atoms with Gasteiger partial charge in [-0.2, -0.15) is 0 Å². The standard InChI is InChI=1S/C15H22Cl2N2O/c1-5-6-10(3)18-15(20)11(4)19-14-8-12(16)9(2)7-13(14)17/h7-8,10-11,19H,5-6H2,1-4H3,(H,18,20). The molecule has 2 unspecified atom stereocenters. The van der Waals surface area contributed by atoms with Crippen LogP contribution in [0.15, 0.2) is 12.1 Å². The minimum absolute atomic E-state index is 0.0429. The molecule has 0 spiro atoms. The maximum Gasteiger partial charge on any atom is 0.242 e. The Morgan fingerprint density at radius 2 is 1.90 bits per heavy atom. The lowest BCUT2D eigenvalue weighted by Gasteiger charge is -2.20. The smallest absolute Gasteiger partial charge is 0.242 e. The van der Waals surface area contributed by atoms with Crippen molar-refractivity contribution < 1.29 is 4.79 Å². The van der Waals surface area contributed by atoms with Gasteiger partial charge in [0, 0.05) is 11.1 Å². The minimum atomic E-state index is -0.370. The minimum Gasteiger partial charge on any atom is -0.373 e. The summed E-state index contributed by atoms with van der Waals surface area (Å²) in [5, 5.41) is 7.26. The SMILES string of the molecule is CCCC(C)NC(=O)C(C)Nc1cc(Cl)c(C)cc1Cl. The summed E-state index contributed by atoms with van der Waals surface area (Å²) in [7, 11) is 0. The Labute approximate surface area is 131 Å². The van der Waals surface area contributed by atoms with Crippen LogP contribution in [0.3, 0.4) is 0 Å². The molecule has 0 aliphatic heterocycles. The summed E-state index contributed by atoms with van der Waals surface area (Å²) in [5.74, 6) is -0.0429. The van der Waals surface area contributed by atoms with Crippen molar-refractivity contribution in [3.05, 3.63) is 27.7 Å². The third-order valence-electron chi connectivity index (χ3n) is 3.12. The summed E-state index contributed by atoms with van der Waals surface area (Å²) in [6.45, 7) is 7.79. The zero-order valence-corrected chi connectivity index (χ0v) is 13.9. The summed E-state index contributed by atoms with van der Waals surface area (Å²) in [6.07, 6.45) is 2.01. The van der Waals surface area contributed by atoms with E-state index >= 15 is 0 Å². The molecule has 0 saturated carbocycles. The molecule has 0 fully saturated rings. The average Bonchev–Trinajstić information content (AvgIpc) is 2.35. The Kier molecular flexibility index (Phi) is 6.63. The van der Waals surface area contributed by atoms with Crippen LogP contribution in [-0.4, -0.2) is 18.0 Å². The molecule has 0 saturated heterocycles. The number of anilines is 1. The van der Waals surface area contributed by atoms with Crippen LogP contribution in [0.25, 0.3) is 0 Å². The Bertz CT molecular complexity index is 477. The van der Waals surface area contributed by atoms with Crippen molar-refractivity contribution in [2.45, 2.75) is 52.6 Å². The van der Waals surface area contributed by atoms with E-state index in [0.29, 0.717) is 15.7 Å². The molecule has 1 aromatic rings. The predicted molar refractivity (Wildman–Crippen MR) is 86.8 cm³/mol. The van der Waals surface area contributed by atoms with Gasteiger partial charge >= 0.3 is 0 Å². The Hall–Kier alpha value is -0.930. The third kappa shape index (κ3) is 4.88. The zero-order valence-electron chi connectivity index (χ0n) is 12.4. The maximum absolute atomic E-state index is 12.0. The van der Waals surface area contributed by atoms with E-state index in [1.54, 1.807) is 19.1 Å². The highest BCUT2D eigenvalue weighted by molar-refractivity contribution is 6.35. The first kappa shape index (κ1) is 17.1. The molecular weight excluding hydrogens is 295 g/mol. The fourth-order valence-electron chi connectivity index (χ4n) is 1.93. The van der Waals surface area contributed by atoms with Crippen molar-refractivity contribution in [2.75, 3.05) is 5.32 Å². The maximum atomic E-state index is 12.0. The van der Waals surface area contributed by atoms with E-state index in [9.17, 15) is 4.79 Å². The van der Waals surface area contributed by atoms with Crippen LogP contribution < -0.4 is 10.6 Å². The molecular formula is C15H22Cl2N2O. The lowest BCUT2D eigenvalue weighted by molar-refractivity contribution is -0.122. The molecule has 1 amide bonds. The molecule has 20 heavy (non-hydrogen) atoms. The Morgan fingerprint density at radius 1 is 1.25 bits per heavy atom. The fourth-order valence-corrected chi connectivity index (χ4v) is 2.37. The number of aryl methyl sites for hydroxylation is 1. The van der Waals surface area contributed by atoms with Crippen molar-refractivity contribution in [3.8, 4) is 0 Å². The topological polar surface area (TPSA) is 41.1 Å².